The summed E-state index contributed by atoms with van der Waals surface area (Å²) in [5, 5.41) is 14.5. The smallest absolute Gasteiger partial charge is 0.233 e. The molecular formula is C12H23N3O3. The van der Waals surface area contributed by atoms with Gasteiger partial charge in [-0.25, -0.2) is 0 Å². The summed E-state index contributed by atoms with van der Waals surface area (Å²) in [5.41, 5.74) is 4.61. The molecule has 0 aromatic carbocycles. The highest BCUT2D eigenvalue weighted by Crippen LogP contribution is 2.21. The molecule has 1 aliphatic rings. The van der Waals surface area contributed by atoms with Gasteiger partial charge in [-0.3, -0.25) is 4.79 Å². The third-order valence-corrected chi connectivity index (χ3v) is 3.65. The van der Waals surface area contributed by atoms with E-state index in [4.69, 9.17) is 15.7 Å². The van der Waals surface area contributed by atoms with E-state index in [9.17, 15) is 4.79 Å². The summed E-state index contributed by atoms with van der Waals surface area (Å²) in [7, 11) is 0. The van der Waals surface area contributed by atoms with Crippen molar-refractivity contribution in [2.24, 2.45) is 16.3 Å². The van der Waals surface area contributed by atoms with Crippen LogP contribution in [0.1, 0.15) is 39.5 Å². The van der Waals surface area contributed by atoms with E-state index in [-0.39, 0.29) is 17.8 Å². The number of rotatable bonds is 5. The summed E-state index contributed by atoms with van der Waals surface area (Å²) < 4.78 is 5.54. The maximum Gasteiger partial charge on any atom is 0.233 e. The molecule has 1 heterocycles. The molecule has 0 aromatic rings. The highest BCUT2D eigenvalue weighted by atomic mass is 16.5. The Morgan fingerprint density at radius 3 is 2.83 bits per heavy atom. The van der Waals surface area contributed by atoms with Gasteiger partial charge in [0.2, 0.25) is 5.91 Å². The molecular weight excluding hydrogens is 234 g/mol. The third-order valence-electron chi connectivity index (χ3n) is 3.65. The third kappa shape index (κ3) is 3.35. The minimum Gasteiger partial charge on any atom is -0.409 e. The zero-order valence-electron chi connectivity index (χ0n) is 11.1. The lowest BCUT2D eigenvalue weighted by molar-refractivity contribution is -0.128. The summed E-state index contributed by atoms with van der Waals surface area (Å²) in [4.78, 5) is 12.1. The number of hydrogen-bond acceptors (Lipinski definition) is 4. The van der Waals surface area contributed by atoms with Crippen LogP contribution in [0.25, 0.3) is 0 Å². The molecule has 1 fully saturated rings. The van der Waals surface area contributed by atoms with E-state index in [2.05, 4.69) is 10.5 Å². The number of amidine groups is 1. The normalized spacial score (nSPS) is 24.3. The maximum atomic E-state index is 12.1. The molecule has 0 bridgehead atoms. The van der Waals surface area contributed by atoms with E-state index in [1.165, 1.54) is 0 Å². The van der Waals surface area contributed by atoms with Crippen molar-refractivity contribution in [2.45, 2.75) is 45.6 Å². The molecule has 1 rings (SSSR count). The minimum atomic E-state index is -0.969. The molecule has 2 atom stereocenters. The molecule has 6 heteroatoms. The van der Waals surface area contributed by atoms with Gasteiger partial charge in [0, 0.05) is 13.2 Å². The van der Waals surface area contributed by atoms with Gasteiger partial charge in [-0.05, 0) is 32.6 Å². The number of carbonyl (C=O) groups is 1. The molecule has 4 N–H and O–H groups in total. The van der Waals surface area contributed by atoms with Crippen LogP contribution < -0.4 is 11.1 Å². The van der Waals surface area contributed by atoms with E-state index in [0.717, 1.165) is 25.9 Å². The van der Waals surface area contributed by atoms with Crippen molar-refractivity contribution in [3.05, 3.63) is 0 Å². The van der Waals surface area contributed by atoms with Gasteiger partial charge < -0.3 is 21.0 Å². The first-order valence-corrected chi connectivity index (χ1v) is 6.42. The molecule has 0 aromatic heterocycles. The first kappa shape index (κ1) is 14.8. The number of nitrogens with zero attached hydrogens (tertiary/aromatic N) is 1. The summed E-state index contributed by atoms with van der Waals surface area (Å²) in [6.45, 7) is 4.73. The maximum absolute atomic E-state index is 12.1. The summed E-state index contributed by atoms with van der Waals surface area (Å²) in [5.74, 6) is -0.290. The first-order chi connectivity index (χ1) is 8.54. The number of nitrogens with one attached hydrogen (secondary N) is 1. The number of nitrogens with two attached hydrogens (primary N) is 1. The molecule has 2 unspecified atom stereocenters. The van der Waals surface area contributed by atoms with Gasteiger partial charge in [0.15, 0.2) is 5.84 Å². The van der Waals surface area contributed by atoms with Crippen LogP contribution in [0.15, 0.2) is 5.16 Å². The van der Waals surface area contributed by atoms with Crippen LogP contribution in [0.5, 0.6) is 0 Å². The minimum absolute atomic E-state index is 0.0629. The lowest BCUT2D eigenvalue weighted by atomic mass is 9.85. The average Bonchev–Trinajstić information content (AvgIpc) is 2.43. The van der Waals surface area contributed by atoms with Crippen LogP contribution in [-0.2, 0) is 9.53 Å². The Balaban J connectivity index is 2.52. The Kier molecular flexibility index (Phi) is 5.40. The lowest BCUT2D eigenvalue weighted by Gasteiger charge is -2.28. The quantitative estimate of drug-likeness (QED) is 0.294. The average molecular weight is 257 g/mol. The van der Waals surface area contributed by atoms with Crippen LogP contribution in [0.4, 0.5) is 0 Å². The van der Waals surface area contributed by atoms with E-state index in [1.807, 2.05) is 6.92 Å². The molecule has 104 valence electrons. The zero-order chi connectivity index (χ0) is 13.6. The lowest BCUT2D eigenvalue weighted by Crippen LogP contribution is -2.49. The molecule has 0 spiro atoms. The summed E-state index contributed by atoms with van der Waals surface area (Å²) in [6, 6.07) is 0. The largest absolute Gasteiger partial charge is 0.409 e. The standard InChI is InChI=1S/C12H23N3O3/c1-3-12(2,10(13)15-17)11(16)14-8-9-6-4-5-7-18-9/h9,17H,3-8H2,1-2H3,(H2,13,15)(H,14,16). The summed E-state index contributed by atoms with van der Waals surface area (Å²) in [6.07, 6.45) is 3.73. The molecule has 1 aliphatic heterocycles. The van der Waals surface area contributed by atoms with E-state index in [0.29, 0.717) is 13.0 Å². The van der Waals surface area contributed by atoms with Gasteiger partial charge in [0.05, 0.1) is 6.10 Å². The fourth-order valence-corrected chi connectivity index (χ4v) is 1.94. The Morgan fingerprint density at radius 1 is 1.61 bits per heavy atom. The molecule has 0 aliphatic carbocycles. The number of ether oxygens (including phenoxy) is 1. The van der Waals surface area contributed by atoms with Crippen molar-refractivity contribution in [1.82, 2.24) is 5.32 Å². The Hall–Kier alpha value is -1.30. The molecule has 1 amide bonds. The number of oxime groups is 1. The SMILES string of the molecule is CCC(C)(C(=O)NCC1CCCCO1)C(N)=NO. The second kappa shape index (κ2) is 6.58. The summed E-state index contributed by atoms with van der Waals surface area (Å²) >= 11 is 0. The predicted molar refractivity (Wildman–Crippen MR) is 68.4 cm³/mol. The second-order valence-electron chi connectivity index (χ2n) is 4.87. The first-order valence-electron chi connectivity index (χ1n) is 6.42. The number of carbonyl (C=O) groups excluding carboxylic acids is 1. The molecule has 6 nitrogen and oxygen atoms in total. The molecule has 0 saturated carbocycles. The van der Waals surface area contributed by atoms with Crippen molar-refractivity contribution in [3.8, 4) is 0 Å². The number of amides is 1. The topological polar surface area (TPSA) is 96.9 Å². The Labute approximate surface area is 108 Å². The predicted octanol–water partition coefficient (Wildman–Crippen LogP) is 0.834. The highest BCUT2D eigenvalue weighted by Gasteiger charge is 2.36. The van der Waals surface area contributed by atoms with Crippen LogP contribution in [0.2, 0.25) is 0 Å². The van der Waals surface area contributed by atoms with Crippen molar-refractivity contribution in [2.75, 3.05) is 13.2 Å². The van der Waals surface area contributed by atoms with Crippen molar-refractivity contribution in [1.29, 1.82) is 0 Å². The van der Waals surface area contributed by atoms with Crippen molar-refractivity contribution in [3.63, 3.8) is 0 Å². The zero-order valence-corrected chi connectivity index (χ0v) is 11.1. The van der Waals surface area contributed by atoms with E-state index in [1.54, 1.807) is 6.92 Å². The van der Waals surface area contributed by atoms with Crippen molar-refractivity contribution < 1.29 is 14.7 Å². The van der Waals surface area contributed by atoms with Gasteiger partial charge in [-0.1, -0.05) is 12.1 Å². The monoisotopic (exact) mass is 257 g/mol. The Bertz CT molecular complexity index is 314. The van der Waals surface area contributed by atoms with E-state index < -0.39 is 5.41 Å². The van der Waals surface area contributed by atoms with Crippen LogP contribution >= 0.6 is 0 Å². The van der Waals surface area contributed by atoms with Gasteiger partial charge in [0.1, 0.15) is 5.41 Å². The molecule has 1 saturated heterocycles. The van der Waals surface area contributed by atoms with Crippen LogP contribution in [0.3, 0.4) is 0 Å². The van der Waals surface area contributed by atoms with Gasteiger partial charge in [-0.15, -0.1) is 0 Å². The van der Waals surface area contributed by atoms with Gasteiger partial charge >= 0.3 is 0 Å². The van der Waals surface area contributed by atoms with Crippen LogP contribution in [0, 0.1) is 5.41 Å². The van der Waals surface area contributed by atoms with Gasteiger partial charge in [-0.2, -0.15) is 0 Å². The van der Waals surface area contributed by atoms with Crippen molar-refractivity contribution >= 4 is 11.7 Å². The fraction of sp³-hybridized carbons (Fsp3) is 0.833. The Morgan fingerprint density at radius 2 is 2.33 bits per heavy atom. The van der Waals surface area contributed by atoms with Gasteiger partial charge in [0.25, 0.3) is 0 Å². The second-order valence-corrected chi connectivity index (χ2v) is 4.87. The van der Waals surface area contributed by atoms with Crippen LogP contribution in [-0.4, -0.2) is 36.2 Å². The van der Waals surface area contributed by atoms with E-state index >= 15 is 0 Å². The number of hydrogen-bond donors (Lipinski definition) is 3. The molecule has 18 heavy (non-hydrogen) atoms. The highest BCUT2D eigenvalue weighted by molar-refractivity contribution is 6.06. The molecule has 0 radical (unpaired) electrons. The fourth-order valence-electron chi connectivity index (χ4n) is 1.94.